The van der Waals surface area contributed by atoms with Crippen LogP contribution in [0.5, 0.6) is 5.75 Å². The zero-order chi connectivity index (χ0) is 14.8. The van der Waals surface area contributed by atoms with E-state index in [1.165, 1.54) is 24.3 Å². The van der Waals surface area contributed by atoms with E-state index in [1.54, 1.807) is 0 Å². The van der Waals surface area contributed by atoms with Crippen LogP contribution in [-0.4, -0.2) is 43.9 Å². The van der Waals surface area contributed by atoms with Crippen molar-refractivity contribution in [2.45, 2.75) is 18.9 Å². The van der Waals surface area contributed by atoms with Gasteiger partial charge in [0.05, 0.1) is 0 Å². The van der Waals surface area contributed by atoms with Gasteiger partial charge in [0.1, 0.15) is 24.3 Å². The van der Waals surface area contributed by atoms with Crippen molar-refractivity contribution in [3.8, 4) is 5.75 Å². The second-order valence-electron chi connectivity index (χ2n) is 4.43. The predicted octanol–water partition coefficient (Wildman–Crippen LogP) is 0.681. The molecule has 20 heavy (non-hydrogen) atoms. The van der Waals surface area contributed by atoms with Gasteiger partial charge in [0.25, 0.3) is 0 Å². The van der Waals surface area contributed by atoms with Crippen molar-refractivity contribution >= 4 is 5.91 Å². The van der Waals surface area contributed by atoms with E-state index in [0.717, 1.165) is 13.0 Å². The van der Waals surface area contributed by atoms with Crippen molar-refractivity contribution < 1.29 is 19.0 Å². The van der Waals surface area contributed by atoms with Crippen LogP contribution < -0.4 is 15.4 Å². The normalized spacial score (nSPS) is 11.9. The maximum Gasteiger partial charge on any atom is 0.220 e. The molecule has 1 aromatic rings. The minimum absolute atomic E-state index is 0.0441. The molecule has 0 heterocycles. The van der Waals surface area contributed by atoms with E-state index in [0.29, 0.717) is 12.2 Å². The van der Waals surface area contributed by atoms with Gasteiger partial charge in [0.2, 0.25) is 5.91 Å². The summed E-state index contributed by atoms with van der Waals surface area (Å²) in [5.74, 6) is 0.0404. The van der Waals surface area contributed by atoms with Gasteiger partial charge >= 0.3 is 0 Å². The van der Waals surface area contributed by atoms with Crippen LogP contribution in [0, 0.1) is 5.82 Å². The van der Waals surface area contributed by atoms with E-state index in [4.69, 9.17) is 4.74 Å². The molecule has 0 aliphatic carbocycles. The van der Waals surface area contributed by atoms with E-state index in [1.807, 2.05) is 7.05 Å². The maximum atomic E-state index is 12.7. The number of carbonyl (C=O) groups is 1. The largest absolute Gasteiger partial charge is 0.491 e. The first kappa shape index (κ1) is 16.4. The summed E-state index contributed by atoms with van der Waals surface area (Å²) in [6.45, 7) is 0.964. The fraction of sp³-hybridized carbons (Fsp3) is 0.500. The van der Waals surface area contributed by atoms with Crippen LogP contribution in [0.2, 0.25) is 0 Å². The quantitative estimate of drug-likeness (QED) is 0.583. The SMILES string of the molecule is CNCCCC(=O)NCC(O)COc1ccc(F)cc1. The molecule has 1 aromatic carbocycles. The Balaban J connectivity index is 2.15. The zero-order valence-corrected chi connectivity index (χ0v) is 11.6. The van der Waals surface area contributed by atoms with E-state index in [9.17, 15) is 14.3 Å². The third-order valence-electron chi connectivity index (χ3n) is 2.62. The number of nitrogens with one attached hydrogen (secondary N) is 2. The summed E-state index contributed by atoms with van der Waals surface area (Å²) in [6, 6.07) is 5.53. The van der Waals surface area contributed by atoms with Crippen LogP contribution in [0.4, 0.5) is 4.39 Å². The first-order chi connectivity index (χ1) is 9.61. The molecule has 1 amide bonds. The molecular weight excluding hydrogens is 263 g/mol. The Kier molecular flexibility index (Phi) is 7.60. The predicted molar refractivity (Wildman–Crippen MR) is 74.1 cm³/mol. The van der Waals surface area contributed by atoms with Crippen molar-refractivity contribution in [1.82, 2.24) is 10.6 Å². The van der Waals surface area contributed by atoms with Crippen LogP contribution >= 0.6 is 0 Å². The van der Waals surface area contributed by atoms with Crippen LogP contribution in [0.15, 0.2) is 24.3 Å². The molecule has 0 aliphatic heterocycles. The molecule has 0 bridgehead atoms. The number of hydrogen-bond acceptors (Lipinski definition) is 4. The number of hydrogen-bond donors (Lipinski definition) is 3. The maximum absolute atomic E-state index is 12.7. The second kappa shape index (κ2) is 9.28. The number of ether oxygens (including phenoxy) is 1. The lowest BCUT2D eigenvalue weighted by Gasteiger charge is -2.13. The highest BCUT2D eigenvalue weighted by molar-refractivity contribution is 5.75. The third kappa shape index (κ3) is 7.06. The Morgan fingerprint density at radius 3 is 2.75 bits per heavy atom. The highest BCUT2D eigenvalue weighted by Gasteiger charge is 2.08. The van der Waals surface area contributed by atoms with Crippen LogP contribution in [0.3, 0.4) is 0 Å². The zero-order valence-electron chi connectivity index (χ0n) is 11.6. The molecule has 0 saturated heterocycles. The lowest BCUT2D eigenvalue weighted by Crippen LogP contribution is -2.35. The minimum Gasteiger partial charge on any atom is -0.491 e. The number of carbonyl (C=O) groups excluding carboxylic acids is 1. The molecule has 1 rings (SSSR count). The van der Waals surface area contributed by atoms with Crippen LogP contribution in [0.1, 0.15) is 12.8 Å². The van der Waals surface area contributed by atoms with Crippen molar-refractivity contribution in [2.75, 3.05) is 26.7 Å². The van der Waals surface area contributed by atoms with Gasteiger partial charge in [-0.05, 0) is 44.3 Å². The summed E-state index contributed by atoms with van der Waals surface area (Å²) < 4.78 is 17.9. The molecule has 0 spiro atoms. The summed E-state index contributed by atoms with van der Waals surface area (Å²) in [4.78, 5) is 11.4. The van der Waals surface area contributed by atoms with Gasteiger partial charge in [-0.25, -0.2) is 4.39 Å². The van der Waals surface area contributed by atoms with Crippen molar-refractivity contribution in [3.05, 3.63) is 30.1 Å². The fourth-order valence-electron chi connectivity index (χ4n) is 1.53. The molecule has 0 saturated carbocycles. The monoisotopic (exact) mass is 284 g/mol. The van der Waals surface area contributed by atoms with Crippen molar-refractivity contribution in [1.29, 1.82) is 0 Å². The molecule has 0 fully saturated rings. The topological polar surface area (TPSA) is 70.6 Å². The lowest BCUT2D eigenvalue weighted by atomic mass is 10.3. The minimum atomic E-state index is -0.798. The Labute approximate surface area is 118 Å². The van der Waals surface area contributed by atoms with Gasteiger partial charge in [-0.3, -0.25) is 4.79 Å². The third-order valence-corrected chi connectivity index (χ3v) is 2.62. The van der Waals surface area contributed by atoms with E-state index < -0.39 is 6.10 Å². The summed E-state index contributed by atoms with van der Waals surface area (Å²) in [5, 5.41) is 15.2. The van der Waals surface area contributed by atoms with E-state index in [2.05, 4.69) is 10.6 Å². The number of benzene rings is 1. The fourth-order valence-corrected chi connectivity index (χ4v) is 1.53. The second-order valence-corrected chi connectivity index (χ2v) is 4.43. The number of aliphatic hydroxyl groups excluding tert-OH is 1. The van der Waals surface area contributed by atoms with Gasteiger partial charge in [0, 0.05) is 13.0 Å². The lowest BCUT2D eigenvalue weighted by molar-refractivity contribution is -0.121. The average molecular weight is 284 g/mol. The smallest absolute Gasteiger partial charge is 0.220 e. The Morgan fingerprint density at radius 1 is 1.40 bits per heavy atom. The molecule has 0 aromatic heterocycles. The van der Waals surface area contributed by atoms with Crippen LogP contribution in [0.25, 0.3) is 0 Å². The highest BCUT2D eigenvalue weighted by Crippen LogP contribution is 2.11. The highest BCUT2D eigenvalue weighted by atomic mass is 19.1. The van der Waals surface area contributed by atoms with Gasteiger partial charge < -0.3 is 20.5 Å². The molecule has 0 aliphatic rings. The molecule has 1 atom stereocenters. The molecule has 1 unspecified atom stereocenters. The Bertz CT molecular complexity index is 398. The van der Waals surface area contributed by atoms with Crippen molar-refractivity contribution in [2.24, 2.45) is 0 Å². The van der Waals surface area contributed by atoms with Gasteiger partial charge in [-0.15, -0.1) is 0 Å². The van der Waals surface area contributed by atoms with E-state index in [-0.39, 0.29) is 24.9 Å². The first-order valence-electron chi connectivity index (χ1n) is 6.59. The number of rotatable bonds is 9. The number of amides is 1. The molecule has 5 nitrogen and oxygen atoms in total. The molecule has 112 valence electrons. The summed E-state index contributed by atoms with van der Waals surface area (Å²) in [7, 11) is 1.83. The van der Waals surface area contributed by atoms with Crippen LogP contribution in [-0.2, 0) is 4.79 Å². The van der Waals surface area contributed by atoms with Gasteiger partial charge in [-0.1, -0.05) is 0 Å². The average Bonchev–Trinajstić information content (AvgIpc) is 2.45. The van der Waals surface area contributed by atoms with Crippen molar-refractivity contribution in [3.63, 3.8) is 0 Å². The molecule has 3 N–H and O–H groups in total. The molecule has 0 radical (unpaired) electrons. The summed E-state index contributed by atoms with van der Waals surface area (Å²) in [5.41, 5.74) is 0. The number of aliphatic hydroxyl groups is 1. The standard InChI is InChI=1S/C14H21FN2O3/c1-16-8-2-3-14(19)17-9-12(18)10-20-13-6-4-11(15)5-7-13/h4-7,12,16,18H,2-3,8-10H2,1H3,(H,17,19). The first-order valence-corrected chi connectivity index (χ1v) is 6.59. The molecule has 6 heteroatoms. The Hall–Kier alpha value is -1.66. The summed E-state index contributed by atoms with van der Waals surface area (Å²) >= 11 is 0. The molecular formula is C14H21FN2O3. The summed E-state index contributed by atoms with van der Waals surface area (Å²) in [6.07, 6.45) is 0.380. The van der Waals surface area contributed by atoms with E-state index >= 15 is 0 Å². The van der Waals surface area contributed by atoms with Gasteiger partial charge in [-0.2, -0.15) is 0 Å². The Morgan fingerprint density at radius 2 is 2.10 bits per heavy atom. The number of halogens is 1. The van der Waals surface area contributed by atoms with Gasteiger partial charge in [0.15, 0.2) is 0 Å².